The second-order valence-corrected chi connectivity index (χ2v) is 5.99. The van der Waals surface area contributed by atoms with Gasteiger partial charge in [-0.2, -0.15) is 15.0 Å². The Morgan fingerprint density at radius 3 is 2.61 bits per heavy atom. The summed E-state index contributed by atoms with van der Waals surface area (Å²) in [6.07, 6.45) is 0. The zero-order valence-electron chi connectivity index (χ0n) is 11.9. The first-order chi connectivity index (χ1) is 10.8. The first-order valence-electron chi connectivity index (χ1n) is 6.13. The second kappa shape index (κ2) is 6.86. The van der Waals surface area contributed by atoms with E-state index in [-0.39, 0.29) is 34.1 Å². The number of aromatic nitrogens is 3. The largest absolute Gasteiger partial charge is 0.467 e. The molecule has 0 aliphatic carbocycles. The molecule has 0 radical (unpaired) electrons. The summed E-state index contributed by atoms with van der Waals surface area (Å²) in [4.78, 5) is 23.6. The predicted molar refractivity (Wildman–Crippen MR) is 81.7 cm³/mol. The number of primary sulfonamides is 1. The molecule has 9 nitrogen and oxygen atoms in total. The Morgan fingerprint density at radius 1 is 1.30 bits per heavy atom. The van der Waals surface area contributed by atoms with Gasteiger partial charge >= 0.3 is 6.01 Å². The molecule has 0 spiro atoms. The Hall–Kier alpha value is -2.30. The van der Waals surface area contributed by atoms with Crippen molar-refractivity contribution in [3.63, 3.8) is 0 Å². The van der Waals surface area contributed by atoms with Gasteiger partial charge in [0.25, 0.3) is 5.91 Å². The Kier molecular flexibility index (Phi) is 5.08. The molecular formula is C12H12ClN5O4S. The number of sulfonamides is 1. The number of nitrogens with zero attached hydrogens (tertiary/aromatic N) is 3. The number of hydrogen-bond acceptors (Lipinski definition) is 7. The first-order valence-corrected chi connectivity index (χ1v) is 8.21. The third kappa shape index (κ3) is 4.12. The van der Waals surface area contributed by atoms with Crippen molar-refractivity contribution in [1.29, 1.82) is 0 Å². The van der Waals surface area contributed by atoms with Crippen LogP contribution in [0.4, 0.5) is 5.95 Å². The minimum absolute atomic E-state index is 0.0183. The molecule has 0 bridgehead atoms. The summed E-state index contributed by atoms with van der Waals surface area (Å²) in [5.41, 5.74) is -0.137. The number of halogens is 1. The predicted octanol–water partition coefficient (Wildman–Crippen LogP) is 0.519. The summed E-state index contributed by atoms with van der Waals surface area (Å²) in [6, 6.07) is 5.46. The second-order valence-electron chi connectivity index (χ2n) is 4.19. The van der Waals surface area contributed by atoms with Crippen LogP contribution in [-0.2, 0) is 15.9 Å². The molecule has 1 aromatic carbocycles. The Labute approximate surface area is 136 Å². The summed E-state index contributed by atoms with van der Waals surface area (Å²) in [6.45, 7) is 0. The van der Waals surface area contributed by atoms with Gasteiger partial charge in [-0.3, -0.25) is 10.1 Å². The zero-order valence-corrected chi connectivity index (χ0v) is 13.4. The van der Waals surface area contributed by atoms with Gasteiger partial charge in [-0.05, 0) is 12.1 Å². The highest BCUT2D eigenvalue weighted by atomic mass is 35.5. The molecule has 1 aromatic heterocycles. The SMILES string of the molecule is COc1nc(CCl)nc(NC(=O)c2ccccc2S(N)(=O)=O)n1. The van der Waals surface area contributed by atoms with Crippen LogP contribution < -0.4 is 15.2 Å². The number of methoxy groups -OCH3 is 1. The number of nitrogens with one attached hydrogen (secondary N) is 1. The lowest BCUT2D eigenvalue weighted by Crippen LogP contribution is -2.21. The van der Waals surface area contributed by atoms with Crippen LogP contribution in [0.5, 0.6) is 6.01 Å². The van der Waals surface area contributed by atoms with E-state index in [1.165, 1.54) is 31.4 Å². The van der Waals surface area contributed by atoms with Crippen LogP contribution in [0.2, 0.25) is 0 Å². The van der Waals surface area contributed by atoms with Crippen LogP contribution >= 0.6 is 11.6 Å². The molecule has 3 N–H and O–H groups in total. The zero-order chi connectivity index (χ0) is 17.0. The van der Waals surface area contributed by atoms with Gasteiger partial charge in [0, 0.05) is 0 Å². The maximum Gasteiger partial charge on any atom is 0.321 e. The van der Waals surface area contributed by atoms with Crippen molar-refractivity contribution >= 4 is 33.5 Å². The van der Waals surface area contributed by atoms with Gasteiger partial charge in [0.05, 0.1) is 23.4 Å². The van der Waals surface area contributed by atoms with Crippen molar-refractivity contribution in [2.75, 3.05) is 12.4 Å². The smallest absolute Gasteiger partial charge is 0.321 e. The number of carbonyl (C=O) groups excluding carboxylic acids is 1. The molecule has 1 amide bonds. The fourth-order valence-corrected chi connectivity index (χ4v) is 2.53. The fraction of sp³-hybridized carbons (Fsp3) is 0.167. The highest BCUT2D eigenvalue weighted by Gasteiger charge is 2.20. The van der Waals surface area contributed by atoms with E-state index in [1.807, 2.05) is 0 Å². The van der Waals surface area contributed by atoms with E-state index in [2.05, 4.69) is 20.3 Å². The van der Waals surface area contributed by atoms with Gasteiger partial charge < -0.3 is 4.74 Å². The number of hydrogen-bond donors (Lipinski definition) is 2. The van der Waals surface area contributed by atoms with Crippen LogP contribution in [0.15, 0.2) is 29.2 Å². The molecule has 2 rings (SSSR count). The molecule has 1 heterocycles. The summed E-state index contributed by atoms with van der Waals surface area (Å²) >= 11 is 5.65. The number of alkyl halides is 1. The topological polar surface area (TPSA) is 137 Å². The van der Waals surface area contributed by atoms with Crippen molar-refractivity contribution in [3.05, 3.63) is 35.7 Å². The van der Waals surface area contributed by atoms with E-state index >= 15 is 0 Å². The van der Waals surface area contributed by atoms with Crippen molar-refractivity contribution in [2.24, 2.45) is 5.14 Å². The lowest BCUT2D eigenvalue weighted by molar-refractivity contribution is 0.102. The third-order valence-corrected chi connectivity index (χ3v) is 3.83. The van der Waals surface area contributed by atoms with Crippen molar-refractivity contribution in [2.45, 2.75) is 10.8 Å². The van der Waals surface area contributed by atoms with Gasteiger partial charge in [-0.1, -0.05) is 12.1 Å². The quantitative estimate of drug-likeness (QED) is 0.744. The average Bonchev–Trinajstić information content (AvgIpc) is 2.53. The van der Waals surface area contributed by atoms with Crippen molar-refractivity contribution in [3.8, 4) is 6.01 Å². The van der Waals surface area contributed by atoms with Gasteiger partial charge in [-0.15, -0.1) is 11.6 Å². The Balaban J connectivity index is 2.37. The molecule has 0 aliphatic heterocycles. The minimum Gasteiger partial charge on any atom is -0.467 e. The van der Waals surface area contributed by atoms with E-state index in [0.29, 0.717) is 0 Å². The number of anilines is 1. The molecule has 2 aromatic rings. The lowest BCUT2D eigenvalue weighted by Gasteiger charge is -2.09. The van der Waals surface area contributed by atoms with Crippen molar-refractivity contribution < 1.29 is 17.9 Å². The molecular weight excluding hydrogens is 346 g/mol. The number of carbonyl (C=O) groups is 1. The molecule has 23 heavy (non-hydrogen) atoms. The van der Waals surface area contributed by atoms with Crippen molar-refractivity contribution in [1.82, 2.24) is 15.0 Å². The van der Waals surface area contributed by atoms with Crippen LogP contribution in [0.1, 0.15) is 16.2 Å². The van der Waals surface area contributed by atoms with Crippen LogP contribution in [-0.4, -0.2) is 36.4 Å². The monoisotopic (exact) mass is 357 g/mol. The Bertz CT molecular complexity index is 821. The van der Waals surface area contributed by atoms with Crippen LogP contribution in [0.25, 0.3) is 0 Å². The van der Waals surface area contributed by atoms with E-state index in [9.17, 15) is 13.2 Å². The molecule has 11 heteroatoms. The van der Waals surface area contributed by atoms with E-state index in [1.54, 1.807) is 0 Å². The first kappa shape index (κ1) is 17.1. The lowest BCUT2D eigenvalue weighted by atomic mass is 10.2. The third-order valence-electron chi connectivity index (χ3n) is 2.63. The maximum atomic E-state index is 12.3. The molecule has 0 saturated carbocycles. The average molecular weight is 358 g/mol. The molecule has 122 valence electrons. The van der Waals surface area contributed by atoms with Crippen LogP contribution in [0.3, 0.4) is 0 Å². The number of rotatable bonds is 5. The van der Waals surface area contributed by atoms with Crippen LogP contribution in [0, 0.1) is 0 Å². The fourth-order valence-electron chi connectivity index (χ4n) is 1.68. The minimum atomic E-state index is -4.06. The summed E-state index contributed by atoms with van der Waals surface area (Å²) in [5.74, 6) is -0.700. The van der Waals surface area contributed by atoms with Gasteiger partial charge in [0.1, 0.15) is 0 Å². The number of amides is 1. The van der Waals surface area contributed by atoms with E-state index < -0.39 is 15.9 Å². The van der Waals surface area contributed by atoms with Gasteiger partial charge in [0.15, 0.2) is 5.82 Å². The summed E-state index contributed by atoms with van der Waals surface area (Å²) < 4.78 is 27.9. The van der Waals surface area contributed by atoms with E-state index in [0.717, 1.165) is 0 Å². The normalized spacial score (nSPS) is 11.1. The number of nitrogens with two attached hydrogens (primary N) is 1. The summed E-state index contributed by atoms with van der Waals surface area (Å²) in [7, 11) is -2.71. The number of benzene rings is 1. The van der Waals surface area contributed by atoms with Gasteiger partial charge in [0.2, 0.25) is 16.0 Å². The summed E-state index contributed by atoms with van der Waals surface area (Å²) in [5, 5.41) is 7.45. The molecule has 0 saturated heterocycles. The highest BCUT2D eigenvalue weighted by Crippen LogP contribution is 2.16. The highest BCUT2D eigenvalue weighted by molar-refractivity contribution is 7.89. The molecule has 0 aliphatic rings. The molecule has 0 unspecified atom stereocenters. The molecule has 0 atom stereocenters. The Morgan fingerprint density at radius 2 is 2.00 bits per heavy atom. The standard InChI is InChI=1S/C12H12ClN5O4S/c1-22-12-16-9(6-13)15-11(18-12)17-10(19)7-4-2-3-5-8(7)23(14,20)21/h2-5H,6H2,1H3,(H2,14,20,21)(H,15,16,17,18,19). The maximum absolute atomic E-state index is 12.3. The van der Waals surface area contributed by atoms with Gasteiger partial charge in [-0.25, -0.2) is 13.6 Å². The van der Waals surface area contributed by atoms with E-state index in [4.69, 9.17) is 21.5 Å². The molecule has 0 fully saturated rings. The number of ether oxygens (including phenoxy) is 1.